The highest BCUT2D eigenvalue weighted by molar-refractivity contribution is 9.10. The fourth-order valence-corrected chi connectivity index (χ4v) is 1.50. The van der Waals surface area contributed by atoms with E-state index in [1.54, 1.807) is 6.07 Å². The zero-order valence-electron chi connectivity index (χ0n) is 9.46. The largest absolute Gasteiger partial charge is 0.396 e. The van der Waals surface area contributed by atoms with E-state index in [0.29, 0.717) is 13.2 Å². The molecular formula is C12H16BrFO2. The van der Waals surface area contributed by atoms with Crippen LogP contribution in [-0.4, -0.2) is 18.3 Å². The second-order valence-corrected chi connectivity index (χ2v) is 5.41. The summed E-state index contributed by atoms with van der Waals surface area (Å²) in [5.41, 5.74) is 0.508. The van der Waals surface area contributed by atoms with Crippen molar-refractivity contribution in [3.8, 4) is 0 Å². The van der Waals surface area contributed by atoms with Gasteiger partial charge in [0.2, 0.25) is 0 Å². The lowest BCUT2D eigenvalue weighted by atomic mass is 9.97. The zero-order valence-corrected chi connectivity index (χ0v) is 11.1. The highest BCUT2D eigenvalue weighted by Gasteiger charge is 2.16. The van der Waals surface area contributed by atoms with E-state index >= 15 is 0 Å². The molecule has 2 nitrogen and oxygen atoms in total. The lowest BCUT2D eigenvalue weighted by molar-refractivity contribution is 0.0195. The molecule has 0 aliphatic carbocycles. The number of ether oxygens (including phenoxy) is 1. The molecule has 90 valence electrons. The number of rotatable bonds is 5. The lowest BCUT2D eigenvalue weighted by Crippen LogP contribution is -2.23. The number of hydrogen-bond donors (Lipinski definition) is 1. The van der Waals surface area contributed by atoms with Crippen LogP contribution >= 0.6 is 15.9 Å². The smallest absolute Gasteiger partial charge is 0.123 e. The maximum atomic E-state index is 13.0. The molecule has 1 aromatic carbocycles. The molecule has 1 aromatic rings. The molecule has 0 aromatic heterocycles. The third kappa shape index (κ3) is 4.20. The topological polar surface area (TPSA) is 29.5 Å². The molecule has 16 heavy (non-hydrogen) atoms. The van der Waals surface area contributed by atoms with E-state index in [4.69, 9.17) is 9.84 Å². The molecule has 0 bridgehead atoms. The van der Waals surface area contributed by atoms with Gasteiger partial charge < -0.3 is 9.84 Å². The van der Waals surface area contributed by atoms with Crippen LogP contribution in [0.4, 0.5) is 4.39 Å². The molecule has 0 heterocycles. The first kappa shape index (κ1) is 13.6. The fraction of sp³-hybridized carbons (Fsp3) is 0.500. The number of benzene rings is 1. The predicted octanol–water partition coefficient (Wildman–Crippen LogP) is 3.12. The normalized spacial score (nSPS) is 11.8. The summed E-state index contributed by atoms with van der Waals surface area (Å²) in [6.45, 7) is 4.66. The minimum absolute atomic E-state index is 0.0668. The van der Waals surface area contributed by atoms with E-state index in [-0.39, 0.29) is 17.8 Å². The molecule has 0 spiro atoms. The highest BCUT2D eigenvalue weighted by Crippen LogP contribution is 2.20. The van der Waals surface area contributed by atoms with Crippen LogP contribution in [0.2, 0.25) is 0 Å². The Bertz CT molecular complexity index is 353. The van der Waals surface area contributed by atoms with Crippen molar-refractivity contribution in [1.82, 2.24) is 0 Å². The van der Waals surface area contributed by atoms with Crippen molar-refractivity contribution in [2.24, 2.45) is 5.41 Å². The molecule has 4 heteroatoms. The van der Waals surface area contributed by atoms with Crippen molar-refractivity contribution < 1.29 is 14.2 Å². The van der Waals surface area contributed by atoms with Crippen LogP contribution in [0, 0.1) is 11.2 Å². The Kier molecular flexibility index (Phi) is 4.89. The Hall–Kier alpha value is -0.450. The maximum Gasteiger partial charge on any atom is 0.123 e. The molecule has 0 amide bonds. The van der Waals surface area contributed by atoms with Gasteiger partial charge >= 0.3 is 0 Å². The Morgan fingerprint density at radius 1 is 1.44 bits per heavy atom. The van der Waals surface area contributed by atoms with Gasteiger partial charge in [-0.2, -0.15) is 0 Å². The van der Waals surface area contributed by atoms with Gasteiger partial charge in [0.05, 0.1) is 19.8 Å². The Morgan fingerprint density at radius 3 is 2.75 bits per heavy atom. The van der Waals surface area contributed by atoms with Crippen LogP contribution in [0.1, 0.15) is 19.4 Å². The summed E-state index contributed by atoms with van der Waals surface area (Å²) in [6, 6.07) is 4.49. The van der Waals surface area contributed by atoms with Crippen LogP contribution in [0.3, 0.4) is 0 Å². The summed E-state index contributed by atoms with van der Waals surface area (Å²) in [6.07, 6.45) is 0. The Labute approximate surface area is 104 Å². The molecule has 0 saturated carbocycles. The summed E-state index contributed by atoms with van der Waals surface area (Å²) < 4.78 is 19.2. The monoisotopic (exact) mass is 290 g/mol. The number of halogens is 2. The summed E-state index contributed by atoms with van der Waals surface area (Å²) >= 11 is 3.33. The van der Waals surface area contributed by atoms with Crippen molar-refractivity contribution in [1.29, 1.82) is 0 Å². The average molecular weight is 291 g/mol. The second-order valence-electron chi connectivity index (χ2n) is 4.55. The fourth-order valence-electron chi connectivity index (χ4n) is 1.14. The molecule has 0 aliphatic heterocycles. The van der Waals surface area contributed by atoms with Gasteiger partial charge in [0.25, 0.3) is 0 Å². The molecular weight excluding hydrogens is 275 g/mol. The van der Waals surface area contributed by atoms with Gasteiger partial charge in [-0.1, -0.05) is 29.8 Å². The van der Waals surface area contributed by atoms with Crippen molar-refractivity contribution >= 4 is 15.9 Å². The van der Waals surface area contributed by atoms with Crippen molar-refractivity contribution in [3.63, 3.8) is 0 Å². The van der Waals surface area contributed by atoms with Gasteiger partial charge in [-0.25, -0.2) is 4.39 Å². The van der Waals surface area contributed by atoms with Crippen molar-refractivity contribution in [2.45, 2.75) is 20.5 Å². The standard InChI is InChI=1S/C12H16BrFO2/c1-12(2,7-15)8-16-6-9-5-10(14)3-4-11(9)13/h3-5,15H,6-8H2,1-2H3. The van der Waals surface area contributed by atoms with Crippen molar-refractivity contribution in [3.05, 3.63) is 34.1 Å². The first-order chi connectivity index (χ1) is 7.44. The van der Waals surface area contributed by atoms with Gasteiger partial charge in [-0.3, -0.25) is 0 Å². The summed E-state index contributed by atoms with van der Waals surface area (Å²) in [5.74, 6) is -0.275. The average Bonchev–Trinajstić information content (AvgIpc) is 2.23. The number of aliphatic hydroxyl groups excluding tert-OH is 1. The van der Waals surface area contributed by atoms with E-state index in [2.05, 4.69) is 15.9 Å². The van der Waals surface area contributed by atoms with Crippen LogP contribution in [-0.2, 0) is 11.3 Å². The van der Waals surface area contributed by atoms with Gasteiger partial charge in [-0.15, -0.1) is 0 Å². The second kappa shape index (κ2) is 5.75. The molecule has 0 radical (unpaired) electrons. The van der Waals surface area contributed by atoms with E-state index in [0.717, 1.165) is 10.0 Å². The predicted molar refractivity (Wildman–Crippen MR) is 64.6 cm³/mol. The maximum absolute atomic E-state index is 13.0. The zero-order chi connectivity index (χ0) is 12.2. The van der Waals surface area contributed by atoms with E-state index < -0.39 is 0 Å². The minimum atomic E-state index is -0.275. The van der Waals surface area contributed by atoms with Crippen LogP contribution in [0.5, 0.6) is 0 Å². The first-order valence-corrected chi connectivity index (χ1v) is 5.86. The molecule has 0 aliphatic rings. The van der Waals surface area contributed by atoms with Crippen LogP contribution in [0.15, 0.2) is 22.7 Å². The molecule has 1 N–H and O–H groups in total. The van der Waals surface area contributed by atoms with Crippen molar-refractivity contribution in [2.75, 3.05) is 13.2 Å². The first-order valence-electron chi connectivity index (χ1n) is 5.07. The quantitative estimate of drug-likeness (QED) is 0.903. The number of hydrogen-bond acceptors (Lipinski definition) is 2. The van der Waals surface area contributed by atoms with Gasteiger partial charge in [0, 0.05) is 9.89 Å². The third-order valence-electron chi connectivity index (χ3n) is 2.19. The van der Waals surface area contributed by atoms with Crippen LogP contribution in [0.25, 0.3) is 0 Å². The SMILES string of the molecule is CC(C)(CO)COCc1cc(F)ccc1Br. The molecule has 0 fully saturated rings. The molecule has 1 rings (SSSR count). The highest BCUT2D eigenvalue weighted by atomic mass is 79.9. The van der Waals surface area contributed by atoms with Crippen LogP contribution < -0.4 is 0 Å². The van der Waals surface area contributed by atoms with E-state index in [9.17, 15) is 4.39 Å². The summed E-state index contributed by atoms with van der Waals surface area (Å²) in [4.78, 5) is 0. The number of aliphatic hydroxyl groups is 1. The van der Waals surface area contributed by atoms with Gasteiger partial charge in [0.15, 0.2) is 0 Å². The summed E-state index contributed by atoms with van der Waals surface area (Å²) in [7, 11) is 0. The van der Waals surface area contributed by atoms with Gasteiger partial charge in [-0.05, 0) is 23.8 Å². The molecule has 0 saturated heterocycles. The van der Waals surface area contributed by atoms with Gasteiger partial charge in [0.1, 0.15) is 5.82 Å². The van der Waals surface area contributed by atoms with E-state index in [1.165, 1.54) is 12.1 Å². The lowest BCUT2D eigenvalue weighted by Gasteiger charge is -2.21. The molecule has 0 unspecified atom stereocenters. The summed E-state index contributed by atoms with van der Waals surface area (Å²) in [5, 5.41) is 9.04. The Balaban J connectivity index is 2.52. The minimum Gasteiger partial charge on any atom is -0.396 e. The Morgan fingerprint density at radius 2 is 2.12 bits per heavy atom. The third-order valence-corrected chi connectivity index (χ3v) is 2.96. The van der Waals surface area contributed by atoms with E-state index in [1.807, 2.05) is 13.8 Å². The molecule has 0 atom stereocenters.